The molecule has 25 heavy (non-hydrogen) atoms. The van der Waals surface area contributed by atoms with Crippen LogP contribution in [-0.2, 0) is 6.42 Å². The van der Waals surface area contributed by atoms with Gasteiger partial charge in [0.05, 0.1) is 17.4 Å². The highest BCUT2D eigenvalue weighted by molar-refractivity contribution is 9.10. The SMILES string of the molecule is CC(NC(N)=O)c1cc(-c2nc(Cc3ccncc3)cs2)c(Br)cn1. The Morgan fingerprint density at radius 2 is 2.16 bits per heavy atom. The Kier molecular flexibility index (Phi) is 5.40. The molecular weight excluding hydrogens is 402 g/mol. The Balaban J connectivity index is 1.85. The Morgan fingerprint density at radius 1 is 1.40 bits per heavy atom. The number of primary amides is 1. The van der Waals surface area contributed by atoms with Gasteiger partial charge in [-0.2, -0.15) is 0 Å². The number of carbonyl (C=O) groups is 1. The largest absolute Gasteiger partial charge is 0.352 e. The molecule has 6 nitrogen and oxygen atoms in total. The summed E-state index contributed by atoms with van der Waals surface area (Å²) in [7, 11) is 0. The second-order valence-corrected chi connectivity index (χ2v) is 7.21. The van der Waals surface area contributed by atoms with Crippen LogP contribution in [0.4, 0.5) is 4.79 Å². The summed E-state index contributed by atoms with van der Waals surface area (Å²) in [6.07, 6.45) is 6.03. The van der Waals surface area contributed by atoms with Gasteiger partial charge in [0.15, 0.2) is 0 Å². The second-order valence-electron chi connectivity index (χ2n) is 5.50. The predicted molar refractivity (Wildman–Crippen MR) is 101 cm³/mol. The topological polar surface area (TPSA) is 93.8 Å². The zero-order valence-electron chi connectivity index (χ0n) is 13.4. The normalized spacial score (nSPS) is 11.9. The van der Waals surface area contributed by atoms with Crippen molar-refractivity contribution in [2.75, 3.05) is 0 Å². The predicted octanol–water partition coefficient (Wildman–Crippen LogP) is 3.68. The van der Waals surface area contributed by atoms with Gasteiger partial charge in [0, 0.05) is 40.4 Å². The fourth-order valence-electron chi connectivity index (χ4n) is 2.36. The number of thiazole rings is 1. The molecule has 0 fully saturated rings. The first kappa shape index (κ1) is 17.5. The van der Waals surface area contributed by atoms with Crippen molar-refractivity contribution in [2.24, 2.45) is 5.73 Å². The number of urea groups is 1. The number of hydrogen-bond acceptors (Lipinski definition) is 5. The number of nitrogens with zero attached hydrogens (tertiary/aromatic N) is 3. The molecule has 0 aromatic carbocycles. The molecule has 3 aromatic rings. The lowest BCUT2D eigenvalue weighted by molar-refractivity contribution is 0.246. The smallest absolute Gasteiger partial charge is 0.312 e. The van der Waals surface area contributed by atoms with Crippen LogP contribution in [0.25, 0.3) is 10.6 Å². The summed E-state index contributed by atoms with van der Waals surface area (Å²) in [5.41, 5.74) is 9.02. The Morgan fingerprint density at radius 3 is 2.88 bits per heavy atom. The van der Waals surface area contributed by atoms with Crippen molar-refractivity contribution in [2.45, 2.75) is 19.4 Å². The monoisotopic (exact) mass is 417 g/mol. The maximum atomic E-state index is 11.0. The molecule has 0 saturated heterocycles. The molecule has 1 atom stereocenters. The summed E-state index contributed by atoms with van der Waals surface area (Å²) in [4.78, 5) is 24.1. The van der Waals surface area contributed by atoms with Crippen LogP contribution < -0.4 is 11.1 Å². The first-order valence-corrected chi connectivity index (χ1v) is 9.25. The Hall–Kier alpha value is -2.32. The first-order chi connectivity index (χ1) is 12.0. The molecule has 8 heteroatoms. The number of hydrogen-bond donors (Lipinski definition) is 2. The molecule has 0 saturated carbocycles. The molecule has 0 bridgehead atoms. The number of nitrogens with two attached hydrogens (primary N) is 1. The minimum Gasteiger partial charge on any atom is -0.352 e. The quantitative estimate of drug-likeness (QED) is 0.661. The van der Waals surface area contributed by atoms with Gasteiger partial charge < -0.3 is 11.1 Å². The zero-order chi connectivity index (χ0) is 17.8. The minimum absolute atomic E-state index is 0.277. The van der Waals surface area contributed by atoms with E-state index in [0.717, 1.165) is 32.9 Å². The van der Waals surface area contributed by atoms with Crippen molar-refractivity contribution in [3.05, 3.63) is 63.6 Å². The van der Waals surface area contributed by atoms with E-state index in [1.165, 1.54) is 5.56 Å². The molecule has 0 radical (unpaired) electrons. The molecule has 3 rings (SSSR count). The number of amides is 2. The highest BCUT2D eigenvalue weighted by Gasteiger charge is 2.14. The molecule has 3 N–H and O–H groups in total. The van der Waals surface area contributed by atoms with E-state index in [0.29, 0.717) is 0 Å². The summed E-state index contributed by atoms with van der Waals surface area (Å²) in [5, 5.41) is 5.58. The van der Waals surface area contributed by atoms with Crippen LogP contribution in [0.15, 0.2) is 46.6 Å². The van der Waals surface area contributed by atoms with E-state index >= 15 is 0 Å². The van der Waals surface area contributed by atoms with Gasteiger partial charge in [-0.3, -0.25) is 9.97 Å². The minimum atomic E-state index is -0.576. The third kappa shape index (κ3) is 4.40. The summed E-state index contributed by atoms with van der Waals surface area (Å²) in [6.45, 7) is 1.83. The fraction of sp³-hybridized carbons (Fsp3) is 0.176. The van der Waals surface area contributed by atoms with Crippen molar-refractivity contribution in [1.29, 1.82) is 0 Å². The van der Waals surface area contributed by atoms with Crippen molar-refractivity contribution in [3.8, 4) is 10.6 Å². The molecule has 0 aliphatic carbocycles. The van der Waals surface area contributed by atoms with E-state index in [2.05, 4.69) is 31.2 Å². The van der Waals surface area contributed by atoms with Gasteiger partial charge in [-0.25, -0.2) is 9.78 Å². The highest BCUT2D eigenvalue weighted by Crippen LogP contribution is 2.32. The number of rotatable bonds is 5. The molecular formula is C17H16BrN5OS. The highest BCUT2D eigenvalue weighted by atomic mass is 79.9. The summed E-state index contributed by atoms with van der Waals surface area (Å²) >= 11 is 5.10. The summed E-state index contributed by atoms with van der Waals surface area (Å²) in [5.74, 6) is 0. The molecule has 2 amide bonds. The summed E-state index contributed by atoms with van der Waals surface area (Å²) < 4.78 is 0.854. The third-order valence-corrected chi connectivity index (χ3v) is 5.15. The lowest BCUT2D eigenvalue weighted by Crippen LogP contribution is -2.32. The number of aromatic nitrogens is 3. The van der Waals surface area contributed by atoms with E-state index in [1.54, 1.807) is 29.9 Å². The van der Waals surface area contributed by atoms with E-state index in [9.17, 15) is 4.79 Å². The van der Waals surface area contributed by atoms with Crippen LogP contribution >= 0.6 is 27.3 Å². The van der Waals surface area contributed by atoms with Crippen molar-refractivity contribution in [3.63, 3.8) is 0 Å². The van der Waals surface area contributed by atoms with Gasteiger partial charge in [0.25, 0.3) is 0 Å². The number of halogens is 1. The van der Waals surface area contributed by atoms with Crippen LogP contribution in [0.5, 0.6) is 0 Å². The average Bonchev–Trinajstić information content (AvgIpc) is 3.03. The molecule has 128 valence electrons. The Labute approximate surface area is 157 Å². The van der Waals surface area contributed by atoms with E-state index in [1.807, 2.05) is 30.5 Å². The molecule has 0 aliphatic rings. The van der Waals surface area contributed by atoms with Crippen LogP contribution in [0.1, 0.15) is 29.9 Å². The number of carbonyl (C=O) groups excluding carboxylic acids is 1. The maximum absolute atomic E-state index is 11.0. The average molecular weight is 418 g/mol. The molecule has 1 unspecified atom stereocenters. The van der Waals surface area contributed by atoms with E-state index in [-0.39, 0.29) is 6.04 Å². The lowest BCUT2D eigenvalue weighted by Gasteiger charge is -2.12. The number of nitrogens with one attached hydrogen (secondary N) is 1. The van der Waals surface area contributed by atoms with Crippen molar-refractivity contribution in [1.82, 2.24) is 20.3 Å². The fourth-order valence-corrected chi connectivity index (χ4v) is 3.75. The van der Waals surface area contributed by atoms with Crippen LogP contribution in [0.3, 0.4) is 0 Å². The van der Waals surface area contributed by atoms with E-state index in [4.69, 9.17) is 10.7 Å². The standard InChI is InChI=1S/C17H16BrN5OS/c1-10(22-17(19)24)15-7-13(14(18)8-21-15)16-23-12(9-25-16)6-11-2-4-20-5-3-11/h2-5,7-10H,6H2,1H3,(H3,19,22,24). The van der Waals surface area contributed by atoms with Gasteiger partial charge in [0.2, 0.25) is 0 Å². The molecule has 0 aliphatic heterocycles. The van der Waals surface area contributed by atoms with Crippen molar-refractivity contribution >= 4 is 33.3 Å². The third-order valence-electron chi connectivity index (χ3n) is 3.60. The zero-order valence-corrected chi connectivity index (χ0v) is 15.8. The number of pyridine rings is 2. The van der Waals surface area contributed by atoms with Crippen molar-refractivity contribution < 1.29 is 4.79 Å². The van der Waals surface area contributed by atoms with Gasteiger partial charge in [-0.15, -0.1) is 11.3 Å². The lowest BCUT2D eigenvalue weighted by atomic mass is 10.1. The summed E-state index contributed by atoms with van der Waals surface area (Å²) in [6, 6.07) is 5.03. The second kappa shape index (κ2) is 7.71. The molecule has 3 aromatic heterocycles. The first-order valence-electron chi connectivity index (χ1n) is 7.58. The van der Waals surface area contributed by atoms with Crippen LogP contribution in [0, 0.1) is 0 Å². The van der Waals surface area contributed by atoms with Gasteiger partial charge in [-0.1, -0.05) is 0 Å². The van der Waals surface area contributed by atoms with Gasteiger partial charge in [-0.05, 0) is 46.6 Å². The molecule has 3 heterocycles. The van der Waals surface area contributed by atoms with Crippen LogP contribution in [0.2, 0.25) is 0 Å². The van der Waals surface area contributed by atoms with E-state index < -0.39 is 6.03 Å². The van der Waals surface area contributed by atoms with Gasteiger partial charge >= 0.3 is 6.03 Å². The van der Waals surface area contributed by atoms with Crippen LogP contribution in [-0.4, -0.2) is 21.0 Å². The van der Waals surface area contributed by atoms with Gasteiger partial charge in [0.1, 0.15) is 5.01 Å². The maximum Gasteiger partial charge on any atom is 0.312 e. The molecule has 0 spiro atoms. The Bertz CT molecular complexity index is 884.